The second kappa shape index (κ2) is 8.80. The van der Waals surface area contributed by atoms with Gasteiger partial charge in [-0.05, 0) is 47.7 Å². The highest BCUT2D eigenvalue weighted by Gasteiger charge is 2.39. The maximum atomic E-state index is 13.6. The Morgan fingerprint density at radius 2 is 1.73 bits per heavy atom. The lowest BCUT2D eigenvalue weighted by atomic mass is 10.2. The lowest BCUT2D eigenvalue weighted by Crippen LogP contribution is -2.29. The van der Waals surface area contributed by atoms with Gasteiger partial charge >= 0.3 is 0 Å². The van der Waals surface area contributed by atoms with Gasteiger partial charge in [0, 0.05) is 17.5 Å². The summed E-state index contributed by atoms with van der Waals surface area (Å²) in [6.45, 7) is 0.402. The minimum Gasteiger partial charge on any atom is -0.366 e. The fraction of sp³-hybridized carbons (Fsp3) is 0.0800. The molecule has 2 heterocycles. The number of amidine groups is 1. The van der Waals surface area contributed by atoms with Crippen LogP contribution in [0.3, 0.4) is 0 Å². The summed E-state index contributed by atoms with van der Waals surface area (Å²) in [4.78, 5) is 35.5. The number of nitrogens with two attached hydrogens (primary N) is 1. The van der Waals surface area contributed by atoms with Gasteiger partial charge in [0.15, 0.2) is 5.17 Å². The maximum Gasteiger partial charge on any atom is 0.269 e. The van der Waals surface area contributed by atoms with Gasteiger partial charge in [0.05, 0.1) is 22.9 Å². The molecule has 0 aliphatic carbocycles. The van der Waals surface area contributed by atoms with E-state index in [0.29, 0.717) is 27.9 Å². The number of fused-ring (bicyclic) bond motifs is 1. The van der Waals surface area contributed by atoms with Gasteiger partial charge in [-0.25, -0.2) is 4.99 Å². The van der Waals surface area contributed by atoms with Crippen LogP contribution >= 0.6 is 23.5 Å². The fourth-order valence-electron chi connectivity index (χ4n) is 3.66. The molecule has 164 valence electrons. The van der Waals surface area contributed by atoms with Crippen LogP contribution in [0.2, 0.25) is 0 Å². The zero-order valence-corrected chi connectivity index (χ0v) is 19.4. The average molecular weight is 473 g/mol. The van der Waals surface area contributed by atoms with Gasteiger partial charge in [0.2, 0.25) is 5.91 Å². The van der Waals surface area contributed by atoms with Gasteiger partial charge in [-0.2, -0.15) is 0 Å². The number of nitrogens with zero attached hydrogens (tertiary/aromatic N) is 3. The van der Waals surface area contributed by atoms with Crippen LogP contribution in [0.4, 0.5) is 11.4 Å². The van der Waals surface area contributed by atoms with Crippen LogP contribution in [0.5, 0.6) is 0 Å². The lowest BCUT2D eigenvalue weighted by Gasteiger charge is -2.17. The summed E-state index contributed by atoms with van der Waals surface area (Å²) in [5, 5.41) is 1.46. The maximum absolute atomic E-state index is 13.6. The topological polar surface area (TPSA) is 79.0 Å². The quantitative estimate of drug-likeness (QED) is 0.543. The molecule has 1 saturated heterocycles. The van der Waals surface area contributed by atoms with E-state index in [0.717, 1.165) is 21.2 Å². The first-order valence-corrected chi connectivity index (χ1v) is 11.9. The summed E-state index contributed by atoms with van der Waals surface area (Å²) in [6.07, 6.45) is 0. The van der Waals surface area contributed by atoms with Gasteiger partial charge in [-0.15, -0.1) is 0 Å². The normalized spacial score (nSPS) is 18.8. The zero-order valence-electron chi connectivity index (χ0n) is 17.8. The highest BCUT2D eigenvalue weighted by atomic mass is 32.2. The number of anilines is 1. The summed E-state index contributed by atoms with van der Waals surface area (Å²) in [7, 11) is 1.97. The van der Waals surface area contributed by atoms with E-state index in [9.17, 15) is 9.59 Å². The Balaban J connectivity index is 1.56. The van der Waals surface area contributed by atoms with E-state index in [2.05, 4.69) is 11.0 Å². The van der Waals surface area contributed by atoms with Crippen LogP contribution in [0, 0.1) is 0 Å². The molecule has 3 aromatic rings. The van der Waals surface area contributed by atoms with Crippen molar-refractivity contribution in [2.75, 3.05) is 11.9 Å². The number of benzene rings is 3. The molecule has 0 aromatic heterocycles. The van der Waals surface area contributed by atoms with Gasteiger partial charge in [0.25, 0.3) is 5.91 Å². The third-order valence-electron chi connectivity index (χ3n) is 5.33. The van der Waals surface area contributed by atoms with E-state index < -0.39 is 5.91 Å². The zero-order chi connectivity index (χ0) is 22.9. The molecule has 6 nitrogen and oxygen atoms in total. The Morgan fingerprint density at radius 3 is 2.48 bits per heavy atom. The molecule has 8 heteroatoms. The summed E-state index contributed by atoms with van der Waals surface area (Å²) in [5.41, 5.74) is 8.46. The average Bonchev–Trinajstić information content (AvgIpc) is 3.31. The van der Waals surface area contributed by atoms with Crippen LogP contribution in [-0.2, 0) is 11.3 Å². The molecule has 0 spiro atoms. The second-order valence-electron chi connectivity index (χ2n) is 7.55. The number of rotatable bonds is 4. The van der Waals surface area contributed by atoms with Crippen molar-refractivity contribution in [1.82, 2.24) is 4.90 Å². The Labute approximate surface area is 200 Å². The van der Waals surface area contributed by atoms with Crippen molar-refractivity contribution in [3.63, 3.8) is 0 Å². The van der Waals surface area contributed by atoms with Crippen molar-refractivity contribution in [2.24, 2.45) is 10.7 Å². The minimum atomic E-state index is -0.516. The van der Waals surface area contributed by atoms with Crippen LogP contribution in [0.15, 0.2) is 98.7 Å². The number of carbonyl (C=O) groups excluding carboxylic acids is 2. The molecule has 3 aromatic carbocycles. The fourth-order valence-corrected chi connectivity index (χ4v) is 6.01. The second-order valence-corrected chi connectivity index (χ2v) is 9.56. The molecule has 0 unspecified atom stereocenters. The van der Waals surface area contributed by atoms with Crippen LogP contribution < -0.4 is 10.6 Å². The van der Waals surface area contributed by atoms with E-state index in [-0.39, 0.29) is 5.91 Å². The Kier molecular flexibility index (Phi) is 5.70. The first-order chi connectivity index (χ1) is 16.0. The summed E-state index contributed by atoms with van der Waals surface area (Å²) in [5.74, 6) is -0.603. The van der Waals surface area contributed by atoms with E-state index in [1.165, 1.54) is 11.8 Å². The van der Waals surface area contributed by atoms with E-state index in [1.54, 1.807) is 40.9 Å². The number of amides is 2. The molecule has 33 heavy (non-hydrogen) atoms. The number of primary amides is 1. The number of thioether (sulfide) groups is 2. The Hall–Kier alpha value is -3.49. The van der Waals surface area contributed by atoms with E-state index in [1.807, 2.05) is 55.6 Å². The summed E-state index contributed by atoms with van der Waals surface area (Å²) < 4.78 is 0. The molecule has 2 aliphatic heterocycles. The molecule has 2 amide bonds. The Morgan fingerprint density at radius 1 is 0.970 bits per heavy atom. The summed E-state index contributed by atoms with van der Waals surface area (Å²) >= 11 is 2.94. The van der Waals surface area contributed by atoms with E-state index in [4.69, 9.17) is 10.7 Å². The molecule has 1 fully saturated rings. The molecular formula is C25H20N4O2S2. The standard InChI is InChI=1S/C25H20N4O2S2/c1-28-19-12-5-6-13-20(19)32-24(28)21-23(31)29(15-16-8-3-2-4-9-16)25(33-21)27-18-11-7-10-17(14-18)22(26)30/h2-14H,15H2,1H3,(H2,26,30)/b24-21+,27-25?. The molecule has 0 saturated carbocycles. The SMILES string of the molecule is CN1/C(=C2\SC(=Nc3cccc(C(N)=O)c3)N(Cc3ccccc3)C2=O)Sc2ccccc21. The van der Waals surface area contributed by atoms with Crippen LogP contribution in [0.25, 0.3) is 0 Å². The van der Waals surface area contributed by atoms with Crippen molar-refractivity contribution < 1.29 is 9.59 Å². The molecule has 2 N–H and O–H groups in total. The number of para-hydroxylation sites is 1. The smallest absolute Gasteiger partial charge is 0.269 e. The third kappa shape index (κ3) is 4.15. The first-order valence-electron chi connectivity index (χ1n) is 10.3. The van der Waals surface area contributed by atoms with Crippen LogP contribution in [-0.4, -0.2) is 28.9 Å². The largest absolute Gasteiger partial charge is 0.366 e. The van der Waals surface area contributed by atoms with Crippen LogP contribution in [0.1, 0.15) is 15.9 Å². The van der Waals surface area contributed by atoms with Gasteiger partial charge < -0.3 is 10.6 Å². The highest BCUT2D eigenvalue weighted by Crippen LogP contribution is 2.50. The molecular weight excluding hydrogens is 452 g/mol. The predicted octanol–water partition coefficient (Wildman–Crippen LogP) is 4.96. The first kappa shape index (κ1) is 21.4. The van der Waals surface area contributed by atoms with Gasteiger partial charge in [-0.3, -0.25) is 14.5 Å². The number of aliphatic imine (C=N–C) groups is 1. The Bertz CT molecular complexity index is 1320. The van der Waals surface area contributed by atoms with Crippen molar-refractivity contribution in [2.45, 2.75) is 11.4 Å². The predicted molar refractivity (Wildman–Crippen MR) is 134 cm³/mol. The molecule has 2 aliphatic rings. The van der Waals surface area contributed by atoms with Gasteiger partial charge in [0.1, 0.15) is 4.91 Å². The van der Waals surface area contributed by atoms with Crippen molar-refractivity contribution in [3.05, 3.63) is 99.9 Å². The number of hydrogen-bond donors (Lipinski definition) is 1. The molecule has 0 bridgehead atoms. The van der Waals surface area contributed by atoms with Gasteiger partial charge in [-0.1, -0.05) is 60.3 Å². The number of carbonyl (C=O) groups is 2. The molecule has 0 radical (unpaired) electrons. The lowest BCUT2D eigenvalue weighted by molar-refractivity contribution is -0.122. The van der Waals surface area contributed by atoms with E-state index >= 15 is 0 Å². The summed E-state index contributed by atoms with van der Waals surface area (Å²) in [6, 6.07) is 24.7. The third-order valence-corrected chi connectivity index (χ3v) is 7.77. The highest BCUT2D eigenvalue weighted by molar-refractivity contribution is 8.19. The molecule has 0 atom stereocenters. The number of hydrogen-bond acceptors (Lipinski definition) is 6. The van der Waals surface area contributed by atoms with Crippen molar-refractivity contribution in [1.29, 1.82) is 0 Å². The van der Waals surface area contributed by atoms with Crippen molar-refractivity contribution in [3.8, 4) is 0 Å². The van der Waals surface area contributed by atoms with Crippen molar-refractivity contribution >= 4 is 51.9 Å². The molecule has 5 rings (SSSR count). The monoisotopic (exact) mass is 472 g/mol. The minimum absolute atomic E-state index is 0.0872.